The van der Waals surface area contributed by atoms with Gasteiger partial charge in [-0.2, -0.15) is 0 Å². The van der Waals surface area contributed by atoms with Crippen LogP contribution >= 0.6 is 0 Å². The summed E-state index contributed by atoms with van der Waals surface area (Å²) >= 11 is 0. The number of nitrogens with zero attached hydrogens (tertiary/aromatic N) is 1. The molecule has 2 atom stereocenters. The Bertz CT molecular complexity index is 209. The molecule has 0 radical (unpaired) electrons. The zero-order chi connectivity index (χ0) is 11.3. The van der Waals surface area contributed by atoms with Crippen LogP contribution in [0, 0.1) is 5.92 Å². The normalized spacial score (nSPS) is 24.9. The lowest BCUT2D eigenvalue weighted by molar-refractivity contribution is -0.142. The number of rotatable bonds is 4. The van der Waals surface area contributed by atoms with E-state index in [-0.39, 0.29) is 5.97 Å². The van der Waals surface area contributed by atoms with Gasteiger partial charge in [-0.15, -0.1) is 0 Å². The first-order valence-corrected chi connectivity index (χ1v) is 5.69. The maximum atomic E-state index is 11.1. The van der Waals surface area contributed by atoms with Crippen LogP contribution in [-0.2, 0) is 9.53 Å². The summed E-state index contributed by atoms with van der Waals surface area (Å²) in [5, 5.41) is 0. The van der Waals surface area contributed by atoms with E-state index in [1.54, 1.807) is 0 Å². The number of carbonyl (C=O) groups excluding carboxylic acids is 1. The maximum absolute atomic E-state index is 11.1. The van der Waals surface area contributed by atoms with Crippen molar-refractivity contribution in [3.8, 4) is 0 Å². The summed E-state index contributed by atoms with van der Waals surface area (Å²) in [6, 6.07) is -0.466. The first-order chi connectivity index (χ1) is 7.13. The molecule has 0 amide bonds. The number of likely N-dealkylation sites (tertiary alicyclic amines) is 1. The Kier molecular flexibility index (Phi) is 5.05. The van der Waals surface area contributed by atoms with Gasteiger partial charge in [0.25, 0.3) is 0 Å². The zero-order valence-corrected chi connectivity index (χ0v) is 9.74. The molecule has 0 aromatic rings. The second kappa shape index (κ2) is 6.08. The smallest absolute Gasteiger partial charge is 0.322 e. The summed E-state index contributed by atoms with van der Waals surface area (Å²) in [6.45, 7) is 5.44. The van der Waals surface area contributed by atoms with Gasteiger partial charge in [0.15, 0.2) is 0 Å². The van der Waals surface area contributed by atoms with Gasteiger partial charge in [0, 0.05) is 13.1 Å². The average Bonchev–Trinajstić information content (AvgIpc) is 2.25. The lowest BCUT2D eigenvalue weighted by Crippen LogP contribution is -2.40. The number of methoxy groups -OCH3 is 1. The van der Waals surface area contributed by atoms with E-state index in [2.05, 4.69) is 16.6 Å². The van der Waals surface area contributed by atoms with Gasteiger partial charge in [0.1, 0.15) is 6.04 Å². The molecule has 1 heterocycles. The largest absolute Gasteiger partial charge is 0.468 e. The van der Waals surface area contributed by atoms with E-state index in [9.17, 15) is 4.79 Å². The lowest BCUT2D eigenvalue weighted by Gasteiger charge is -2.31. The van der Waals surface area contributed by atoms with Crippen LogP contribution in [0.1, 0.15) is 26.2 Å². The van der Waals surface area contributed by atoms with Crippen molar-refractivity contribution >= 4 is 5.97 Å². The highest BCUT2D eigenvalue weighted by atomic mass is 16.5. The molecule has 2 N–H and O–H groups in total. The quantitative estimate of drug-likeness (QED) is 0.697. The summed E-state index contributed by atoms with van der Waals surface area (Å²) < 4.78 is 4.59. The Morgan fingerprint density at radius 3 is 3.00 bits per heavy atom. The van der Waals surface area contributed by atoms with Crippen LogP contribution in [0.3, 0.4) is 0 Å². The number of nitrogens with two attached hydrogens (primary N) is 1. The highest BCUT2D eigenvalue weighted by Crippen LogP contribution is 2.15. The minimum absolute atomic E-state index is 0.306. The monoisotopic (exact) mass is 214 g/mol. The second-order valence-corrected chi connectivity index (χ2v) is 4.47. The average molecular weight is 214 g/mol. The first-order valence-electron chi connectivity index (χ1n) is 5.69. The van der Waals surface area contributed by atoms with Crippen LogP contribution in [0.4, 0.5) is 0 Å². The molecule has 15 heavy (non-hydrogen) atoms. The van der Waals surface area contributed by atoms with Crippen LogP contribution in [-0.4, -0.2) is 43.7 Å². The number of hydrogen-bond donors (Lipinski definition) is 1. The van der Waals surface area contributed by atoms with Crippen molar-refractivity contribution in [2.24, 2.45) is 11.7 Å². The Hall–Kier alpha value is -0.610. The van der Waals surface area contributed by atoms with E-state index in [0.29, 0.717) is 6.42 Å². The van der Waals surface area contributed by atoms with Gasteiger partial charge in [-0.05, 0) is 31.7 Å². The fourth-order valence-corrected chi connectivity index (χ4v) is 2.08. The molecule has 0 bridgehead atoms. The number of piperidine rings is 1. The molecule has 0 spiro atoms. The Morgan fingerprint density at radius 2 is 2.40 bits per heavy atom. The third kappa shape index (κ3) is 4.18. The van der Waals surface area contributed by atoms with Gasteiger partial charge in [-0.25, -0.2) is 0 Å². The molecule has 0 aromatic heterocycles. The highest BCUT2D eigenvalue weighted by Gasteiger charge is 2.19. The second-order valence-electron chi connectivity index (χ2n) is 4.47. The van der Waals surface area contributed by atoms with Gasteiger partial charge in [0.2, 0.25) is 0 Å². The topological polar surface area (TPSA) is 55.6 Å². The van der Waals surface area contributed by atoms with Crippen molar-refractivity contribution in [1.29, 1.82) is 0 Å². The Morgan fingerprint density at radius 1 is 1.67 bits per heavy atom. The van der Waals surface area contributed by atoms with Crippen LogP contribution in [0.15, 0.2) is 0 Å². The molecule has 0 aromatic carbocycles. The fraction of sp³-hybridized carbons (Fsp3) is 0.909. The van der Waals surface area contributed by atoms with Gasteiger partial charge in [-0.1, -0.05) is 6.92 Å². The van der Waals surface area contributed by atoms with Crippen molar-refractivity contribution in [2.45, 2.75) is 32.2 Å². The summed E-state index contributed by atoms with van der Waals surface area (Å²) in [5.74, 6) is 0.466. The van der Waals surface area contributed by atoms with Crippen molar-refractivity contribution in [2.75, 3.05) is 26.7 Å². The third-order valence-electron chi connectivity index (χ3n) is 3.00. The molecule has 1 aliphatic rings. The predicted octanol–water partition coefficient (Wildman–Crippen LogP) is 0.609. The number of carbonyl (C=O) groups is 1. The summed E-state index contributed by atoms with van der Waals surface area (Å²) in [4.78, 5) is 13.5. The molecule has 4 nitrogen and oxygen atoms in total. The van der Waals surface area contributed by atoms with Crippen molar-refractivity contribution in [1.82, 2.24) is 4.90 Å². The van der Waals surface area contributed by atoms with Crippen LogP contribution in [0.25, 0.3) is 0 Å². The minimum Gasteiger partial charge on any atom is -0.468 e. The molecule has 0 saturated carbocycles. The molecule has 0 aliphatic carbocycles. The molecule has 1 aliphatic heterocycles. The number of hydrogen-bond acceptors (Lipinski definition) is 4. The van der Waals surface area contributed by atoms with Crippen molar-refractivity contribution in [3.05, 3.63) is 0 Å². The molecular formula is C11H22N2O2. The molecule has 4 heteroatoms. The fourth-order valence-electron chi connectivity index (χ4n) is 2.08. The molecule has 1 rings (SSSR count). The lowest BCUT2D eigenvalue weighted by atomic mass is 10.00. The maximum Gasteiger partial charge on any atom is 0.322 e. The SMILES string of the molecule is COC(=O)C(N)CCN1CCCC(C)C1. The van der Waals surface area contributed by atoms with E-state index in [4.69, 9.17) is 5.73 Å². The highest BCUT2D eigenvalue weighted by molar-refractivity contribution is 5.75. The van der Waals surface area contributed by atoms with E-state index >= 15 is 0 Å². The van der Waals surface area contributed by atoms with Crippen molar-refractivity contribution in [3.63, 3.8) is 0 Å². The molecule has 1 fully saturated rings. The molecule has 88 valence electrons. The van der Waals surface area contributed by atoms with Gasteiger partial charge in [0.05, 0.1) is 7.11 Å². The number of ether oxygens (including phenoxy) is 1. The zero-order valence-electron chi connectivity index (χ0n) is 9.74. The standard InChI is InChI=1S/C11H22N2O2/c1-9-4-3-6-13(8-9)7-5-10(12)11(14)15-2/h9-10H,3-8,12H2,1-2H3. The van der Waals surface area contributed by atoms with Crippen LogP contribution in [0.5, 0.6) is 0 Å². The third-order valence-corrected chi connectivity index (χ3v) is 3.00. The van der Waals surface area contributed by atoms with E-state index in [1.165, 1.54) is 20.0 Å². The first kappa shape index (κ1) is 12.5. The Balaban J connectivity index is 2.21. The predicted molar refractivity (Wildman–Crippen MR) is 59.4 cm³/mol. The molecule has 1 saturated heterocycles. The van der Waals surface area contributed by atoms with Gasteiger partial charge >= 0.3 is 5.97 Å². The summed E-state index contributed by atoms with van der Waals surface area (Å²) in [6.07, 6.45) is 3.27. The van der Waals surface area contributed by atoms with E-state index in [0.717, 1.165) is 25.6 Å². The van der Waals surface area contributed by atoms with Gasteiger partial charge < -0.3 is 15.4 Å². The van der Waals surface area contributed by atoms with Crippen LogP contribution in [0.2, 0.25) is 0 Å². The number of esters is 1. The molecular weight excluding hydrogens is 192 g/mol. The van der Waals surface area contributed by atoms with Crippen molar-refractivity contribution < 1.29 is 9.53 Å². The minimum atomic E-state index is -0.466. The van der Waals surface area contributed by atoms with E-state index in [1.807, 2.05) is 0 Å². The van der Waals surface area contributed by atoms with Crippen LogP contribution < -0.4 is 5.73 Å². The summed E-state index contributed by atoms with van der Waals surface area (Å²) in [5.41, 5.74) is 5.68. The van der Waals surface area contributed by atoms with Gasteiger partial charge in [-0.3, -0.25) is 4.79 Å². The Labute approximate surface area is 91.8 Å². The molecule has 2 unspecified atom stereocenters. The summed E-state index contributed by atoms with van der Waals surface area (Å²) in [7, 11) is 1.38. The van der Waals surface area contributed by atoms with E-state index < -0.39 is 6.04 Å².